The average Bonchev–Trinajstić information content (AvgIpc) is 3.10. The van der Waals surface area contributed by atoms with Crippen LogP contribution in [0.3, 0.4) is 0 Å². The zero-order valence-corrected chi connectivity index (χ0v) is 16.0. The third-order valence-electron chi connectivity index (χ3n) is 5.51. The van der Waals surface area contributed by atoms with Gasteiger partial charge in [-0.2, -0.15) is 0 Å². The van der Waals surface area contributed by atoms with Crippen molar-refractivity contribution in [3.63, 3.8) is 0 Å². The van der Waals surface area contributed by atoms with Gasteiger partial charge in [-0.1, -0.05) is 5.21 Å². The second-order valence-corrected chi connectivity index (χ2v) is 8.00. The maximum atomic E-state index is 14.6. The first-order chi connectivity index (χ1) is 12.1. The Morgan fingerprint density at radius 3 is 2.62 bits per heavy atom. The van der Waals surface area contributed by atoms with Crippen molar-refractivity contribution in [1.82, 2.24) is 19.9 Å². The molecule has 9 heteroatoms. The lowest BCUT2D eigenvalue weighted by Gasteiger charge is -2.32. The van der Waals surface area contributed by atoms with E-state index in [2.05, 4.69) is 10.3 Å². The van der Waals surface area contributed by atoms with E-state index in [1.54, 1.807) is 22.7 Å². The van der Waals surface area contributed by atoms with E-state index in [0.29, 0.717) is 12.2 Å². The van der Waals surface area contributed by atoms with E-state index >= 15 is 0 Å². The molecule has 1 aromatic heterocycles. The predicted octanol–water partition coefficient (Wildman–Crippen LogP) is 2.40. The zero-order chi connectivity index (χ0) is 19.1. The monoisotopic (exact) mass is 364 g/mol. The summed E-state index contributed by atoms with van der Waals surface area (Å²) in [7, 11) is -1.05. The van der Waals surface area contributed by atoms with E-state index in [-0.39, 0.29) is 11.9 Å². The number of carbonyl (C=O) groups excluding carboxylic acids is 1. The molecule has 1 aromatic rings. The summed E-state index contributed by atoms with van der Waals surface area (Å²) >= 11 is 0. The Morgan fingerprint density at radius 2 is 2.00 bits per heavy atom. The van der Waals surface area contributed by atoms with Crippen molar-refractivity contribution < 1.29 is 18.5 Å². The standard InChI is InChI=1S/C17H26BFN4O3/c1-12(24)22-8-6-7-14(11-22)23-10-13(20-21-23)9-15(19)18-25-16(2,3)17(4,5)26-18/h9-10,14H,6-8,11H2,1-5H3. The molecule has 2 aliphatic rings. The van der Waals surface area contributed by atoms with Crippen LogP contribution in [0, 0.1) is 0 Å². The summed E-state index contributed by atoms with van der Waals surface area (Å²) < 4.78 is 27.7. The Kier molecular flexibility index (Phi) is 4.96. The molecule has 2 fully saturated rings. The minimum Gasteiger partial charge on any atom is -0.398 e. The first kappa shape index (κ1) is 19.0. The van der Waals surface area contributed by atoms with Gasteiger partial charge in [-0.25, -0.2) is 9.07 Å². The average molecular weight is 364 g/mol. The van der Waals surface area contributed by atoms with Crippen molar-refractivity contribution in [3.8, 4) is 0 Å². The van der Waals surface area contributed by atoms with Gasteiger partial charge in [0.2, 0.25) is 5.91 Å². The smallest absolute Gasteiger partial charge is 0.398 e. The van der Waals surface area contributed by atoms with Gasteiger partial charge in [-0.3, -0.25) is 4.79 Å². The van der Waals surface area contributed by atoms with Crippen LogP contribution in [0.25, 0.3) is 6.08 Å². The third kappa shape index (κ3) is 3.69. The van der Waals surface area contributed by atoms with E-state index in [9.17, 15) is 9.18 Å². The number of halogens is 1. The molecule has 2 saturated heterocycles. The molecule has 3 heterocycles. The van der Waals surface area contributed by atoms with Crippen LogP contribution in [0.2, 0.25) is 0 Å². The topological polar surface area (TPSA) is 69.5 Å². The molecular formula is C17H26BFN4O3. The molecule has 0 aromatic carbocycles. The highest BCUT2D eigenvalue weighted by Crippen LogP contribution is 2.39. The van der Waals surface area contributed by atoms with Crippen molar-refractivity contribution in [3.05, 3.63) is 17.6 Å². The van der Waals surface area contributed by atoms with Crippen LogP contribution in [0.15, 0.2) is 11.9 Å². The lowest BCUT2D eigenvalue weighted by molar-refractivity contribution is -0.130. The molecule has 1 amide bonds. The summed E-state index contributed by atoms with van der Waals surface area (Å²) in [6.07, 6.45) is 4.81. The maximum absolute atomic E-state index is 14.6. The second-order valence-electron chi connectivity index (χ2n) is 8.00. The number of nitrogens with zero attached hydrogens (tertiary/aromatic N) is 4. The largest absolute Gasteiger partial charge is 0.525 e. The molecule has 0 N–H and O–H groups in total. The van der Waals surface area contributed by atoms with Crippen molar-refractivity contribution in [2.45, 2.75) is 64.7 Å². The van der Waals surface area contributed by atoms with Gasteiger partial charge in [0.05, 0.1) is 23.4 Å². The van der Waals surface area contributed by atoms with Gasteiger partial charge < -0.3 is 14.2 Å². The summed E-state index contributed by atoms with van der Waals surface area (Å²) in [6, 6.07) is 0.0576. The minimum absolute atomic E-state index is 0.0572. The van der Waals surface area contributed by atoms with Gasteiger partial charge in [0.25, 0.3) is 0 Å². The Balaban J connectivity index is 1.70. The number of rotatable bonds is 3. The third-order valence-corrected chi connectivity index (χ3v) is 5.51. The van der Waals surface area contributed by atoms with Crippen LogP contribution in [0.5, 0.6) is 0 Å². The van der Waals surface area contributed by atoms with Crippen molar-refractivity contribution in [2.75, 3.05) is 13.1 Å². The summed E-state index contributed by atoms with van der Waals surface area (Å²) in [4.78, 5) is 13.4. The van der Waals surface area contributed by atoms with Crippen LogP contribution in [0.4, 0.5) is 4.39 Å². The molecule has 0 bridgehead atoms. The number of likely N-dealkylation sites (tertiary alicyclic amines) is 1. The molecule has 0 aliphatic carbocycles. The van der Waals surface area contributed by atoms with Crippen LogP contribution >= 0.6 is 0 Å². The highest BCUT2D eigenvalue weighted by atomic mass is 19.1. The SMILES string of the molecule is CC(=O)N1CCCC(n2cc(C=C(F)B3OC(C)(C)C(C)(C)O3)nn2)C1. The Labute approximate surface area is 153 Å². The van der Waals surface area contributed by atoms with Crippen LogP contribution in [0.1, 0.15) is 59.2 Å². The first-order valence-electron chi connectivity index (χ1n) is 8.99. The first-order valence-corrected chi connectivity index (χ1v) is 8.99. The quantitative estimate of drug-likeness (QED) is 0.771. The van der Waals surface area contributed by atoms with E-state index in [1.807, 2.05) is 27.7 Å². The number of piperidine rings is 1. The Morgan fingerprint density at radius 1 is 1.35 bits per heavy atom. The van der Waals surface area contributed by atoms with E-state index < -0.39 is 24.0 Å². The van der Waals surface area contributed by atoms with Crippen LogP contribution < -0.4 is 0 Å². The Bertz CT molecular complexity index is 703. The molecule has 1 unspecified atom stereocenters. The number of aromatic nitrogens is 3. The van der Waals surface area contributed by atoms with Crippen molar-refractivity contribution in [1.29, 1.82) is 0 Å². The number of amides is 1. The molecule has 0 spiro atoms. The number of carbonyl (C=O) groups is 1. The molecule has 7 nitrogen and oxygen atoms in total. The van der Waals surface area contributed by atoms with Gasteiger partial charge in [0, 0.05) is 20.0 Å². The normalized spacial score (nSPS) is 25.6. The fourth-order valence-electron chi connectivity index (χ4n) is 3.16. The Hall–Kier alpha value is -1.74. The minimum atomic E-state index is -1.05. The number of hydrogen-bond donors (Lipinski definition) is 0. The molecule has 0 saturated carbocycles. The highest BCUT2D eigenvalue weighted by Gasteiger charge is 2.53. The van der Waals surface area contributed by atoms with Crippen LogP contribution in [-0.4, -0.2) is 57.2 Å². The van der Waals surface area contributed by atoms with Gasteiger partial charge in [-0.05, 0) is 46.6 Å². The van der Waals surface area contributed by atoms with E-state index in [1.165, 1.54) is 6.08 Å². The molecular weight excluding hydrogens is 338 g/mol. The zero-order valence-electron chi connectivity index (χ0n) is 16.0. The van der Waals surface area contributed by atoms with E-state index in [0.717, 1.165) is 19.4 Å². The summed E-state index contributed by atoms with van der Waals surface area (Å²) in [5, 5.41) is 8.13. The predicted molar refractivity (Wildman–Crippen MR) is 95.7 cm³/mol. The van der Waals surface area contributed by atoms with E-state index in [4.69, 9.17) is 9.31 Å². The number of hydrogen-bond acceptors (Lipinski definition) is 5. The van der Waals surface area contributed by atoms with Crippen molar-refractivity contribution >= 4 is 19.1 Å². The molecule has 142 valence electrons. The van der Waals surface area contributed by atoms with Crippen LogP contribution in [-0.2, 0) is 14.1 Å². The summed E-state index contributed by atoms with van der Waals surface area (Å²) in [6.45, 7) is 10.4. The summed E-state index contributed by atoms with van der Waals surface area (Å²) in [5.41, 5.74) is -1.33. The highest BCUT2D eigenvalue weighted by molar-refractivity contribution is 6.54. The molecule has 3 rings (SSSR count). The van der Waals surface area contributed by atoms with Gasteiger partial charge in [0.15, 0.2) is 0 Å². The second kappa shape index (κ2) is 6.77. The molecule has 26 heavy (non-hydrogen) atoms. The van der Waals surface area contributed by atoms with Gasteiger partial charge in [0.1, 0.15) is 11.4 Å². The summed E-state index contributed by atoms with van der Waals surface area (Å²) in [5.74, 6) is 0.0572. The lowest BCUT2D eigenvalue weighted by Crippen LogP contribution is -2.41. The van der Waals surface area contributed by atoms with Crippen molar-refractivity contribution in [2.24, 2.45) is 0 Å². The molecule has 1 atom stereocenters. The fourth-order valence-corrected chi connectivity index (χ4v) is 3.16. The lowest BCUT2D eigenvalue weighted by atomic mass is 9.87. The fraction of sp³-hybridized carbons (Fsp3) is 0.706. The van der Waals surface area contributed by atoms with Gasteiger partial charge in [-0.15, -0.1) is 5.10 Å². The maximum Gasteiger partial charge on any atom is 0.525 e. The molecule has 2 aliphatic heterocycles. The molecule has 0 radical (unpaired) electrons. The van der Waals surface area contributed by atoms with Gasteiger partial charge >= 0.3 is 7.12 Å².